The zero-order chi connectivity index (χ0) is 11.8. The molecule has 17 heavy (non-hydrogen) atoms. The molecule has 0 atom stereocenters. The summed E-state index contributed by atoms with van der Waals surface area (Å²) in [4.78, 5) is 0. The molecule has 0 unspecified atom stereocenters. The normalized spacial score (nSPS) is 13.4. The third-order valence-corrected chi connectivity index (χ3v) is 2.96. The van der Waals surface area contributed by atoms with Gasteiger partial charge in [0.2, 0.25) is 0 Å². The molecule has 0 bridgehead atoms. The topological polar surface area (TPSA) is 50.8 Å². The van der Waals surface area contributed by atoms with E-state index in [-0.39, 0.29) is 0 Å². The number of ether oxygens (including phenoxy) is 1. The molecule has 2 aromatic rings. The minimum atomic E-state index is 0.470. The Hall–Kier alpha value is -2.12. The van der Waals surface area contributed by atoms with Crippen LogP contribution in [0.25, 0.3) is 5.69 Å². The molecule has 0 amide bonds. The van der Waals surface area contributed by atoms with Crippen molar-refractivity contribution in [3.63, 3.8) is 0 Å². The largest absolute Gasteiger partial charge is 0.370 e. The van der Waals surface area contributed by atoms with Crippen LogP contribution < -0.4 is 0 Å². The van der Waals surface area contributed by atoms with Crippen LogP contribution in [0.3, 0.4) is 0 Å². The van der Waals surface area contributed by atoms with E-state index in [9.17, 15) is 0 Å². The molecular weight excluding hydrogens is 214 g/mol. The number of hydrogen-bond donors (Lipinski definition) is 0. The molecule has 1 aliphatic rings. The van der Waals surface area contributed by atoms with Crippen molar-refractivity contribution in [2.45, 2.75) is 20.1 Å². The fourth-order valence-corrected chi connectivity index (χ4v) is 2.02. The smallest absolute Gasteiger partial charge is 0.168 e. The first-order valence-electron chi connectivity index (χ1n) is 5.45. The molecule has 0 spiro atoms. The Kier molecular flexibility index (Phi) is 2.20. The van der Waals surface area contributed by atoms with E-state index in [2.05, 4.69) is 11.2 Å². The summed E-state index contributed by atoms with van der Waals surface area (Å²) in [6.07, 6.45) is 0. The quantitative estimate of drug-likeness (QED) is 0.746. The molecule has 0 saturated heterocycles. The van der Waals surface area contributed by atoms with Crippen molar-refractivity contribution in [3.8, 4) is 11.8 Å². The Balaban J connectivity index is 2.16. The van der Waals surface area contributed by atoms with Gasteiger partial charge in [-0.25, -0.2) is 4.68 Å². The minimum Gasteiger partial charge on any atom is -0.370 e. The molecule has 0 aliphatic carbocycles. The predicted molar refractivity (Wildman–Crippen MR) is 61.5 cm³/mol. The Morgan fingerprint density at radius 3 is 2.76 bits per heavy atom. The van der Waals surface area contributed by atoms with Crippen LogP contribution in [0.5, 0.6) is 0 Å². The summed E-state index contributed by atoms with van der Waals surface area (Å²) in [6, 6.07) is 10.2. The van der Waals surface area contributed by atoms with E-state index >= 15 is 0 Å². The second-order valence-corrected chi connectivity index (χ2v) is 4.13. The first-order chi connectivity index (χ1) is 8.29. The highest BCUT2D eigenvalue weighted by Gasteiger charge is 2.23. The first-order valence-corrected chi connectivity index (χ1v) is 5.45. The van der Waals surface area contributed by atoms with Gasteiger partial charge in [-0.3, -0.25) is 0 Å². The molecule has 0 saturated carbocycles. The number of aryl methyl sites for hydroxylation is 1. The van der Waals surface area contributed by atoms with Gasteiger partial charge in [-0.2, -0.15) is 10.4 Å². The number of nitriles is 1. The van der Waals surface area contributed by atoms with Gasteiger partial charge >= 0.3 is 0 Å². The molecular formula is C13H11N3O. The van der Waals surface area contributed by atoms with Crippen molar-refractivity contribution < 1.29 is 4.74 Å². The lowest BCUT2D eigenvalue weighted by molar-refractivity contribution is 0.130. The van der Waals surface area contributed by atoms with Crippen LogP contribution >= 0.6 is 0 Å². The average Bonchev–Trinajstić information content (AvgIpc) is 2.91. The zero-order valence-corrected chi connectivity index (χ0v) is 9.47. The molecule has 0 radical (unpaired) electrons. The molecule has 2 heterocycles. The van der Waals surface area contributed by atoms with Crippen LogP contribution in [0.4, 0.5) is 0 Å². The monoisotopic (exact) mass is 225 g/mol. The number of benzene rings is 1. The summed E-state index contributed by atoms with van der Waals surface area (Å²) in [7, 11) is 0. The van der Waals surface area contributed by atoms with Crippen LogP contribution in [-0.4, -0.2) is 9.78 Å². The van der Waals surface area contributed by atoms with Gasteiger partial charge in [0.05, 0.1) is 24.6 Å². The fourth-order valence-electron chi connectivity index (χ4n) is 2.02. The van der Waals surface area contributed by atoms with Gasteiger partial charge in [-0.05, 0) is 19.1 Å². The summed E-state index contributed by atoms with van der Waals surface area (Å²) < 4.78 is 7.18. The third-order valence-electron chi connectivity index (χ3n) is 2.96. The van der Waals surface area contributed by atoms with Crippen LogP contribution in [0.1, 0.15) is 22.5 Å². The van der Waals surface area contributed by atoms with Crippen molar-refractivity contribution in [2.75, 3.05) is 0 Å². The second-order valence-electron chi connectivity index (χ2n) is 4.13. The lowest BCUT2D eigenvalue weighted by atomic mass is 10.2. The zero-order valence-electron chi connectivity index (χ0n) is 9.47. The molecule has 1 aliphatic heterocycles. The van der Waals surface area contributed by atoms with E-state index in [0.717, 1.165) is 16.9 Å². The standard InChI is InChI=1S/C13H11N3O/c1-9-2-4-10(5-3-9)16-13-8-17-7-11(13)12(6-14)15-16/h2-5H,7-8H2,1H3. The Bertz CT molecular complexity index is 605. The van der Waals surface area contributed by atoms with Gasteiger partial charge in [-0.1, -0.05) is 17.7 Å². The van der Waals surface area contributed by atoms with Crippen molar-refractivity contribution >= 4 is 0 Å². The lowest BCUT2D eigenvalue weighted by Crippen LogP contribution is -2.01. The van der Waals surface area contributed by atoms with Gasteiger partial charge in [-0.15, -0.1) is 0 Å². The van der Waals surface area contributed by atoms with E-state index in [1.165, 1.54) is 5.56 Å². The summed E-state index contributed by atoms with van der Waals surface area (Å²) in [5.41, 5.74) is 4.56. The van der Waals surface area contributed by atoms with Gasteiger partial charge in [0.25, 0.3) is 0 Å². The highest BCUT2D eigenvalue weighted by atomic mass is 16.5. The second kappa shape index (κ2) is 3.72. The lowest BCUT2D eigenvalue weighted by Gasteiger charge is -2.04. The van der Waals surface area contributed by atoms with Gasteiger partial charge in [0.1, 0.15) is 6.07 Å². The van der Waals surface area contributed by atoms with E-state index < -0.39 is 0 Å². The molecule has 0 N–H and O–H groups in total. The third kappa shape index (κ3) is 1.52. The number of rotatable bonds is 1. The van der Waals surface area contributed by atoms with Crippen LogP contribution in [0.15, 0.2) is 24.3 Å². The number of aromatic nitrogens is 2. The number of hydrogen-bond acceptors (Lipinski definition) is 3. The predicted octanol–water partition coefficient (Wildman–Crippen LogP) is 2.08. The van der Waals surface area contributed by atoms with Crippen molar-refractivity contribution in [3.05, 3.63) is 46.8 Å². The van der Waals surface area contributed by atoms with E-state index in [1.54, 1.807) is 4.68 Å². The van der Waals surface area contributed by atoms with Crippen molar-refractivity contribution in [2.24, 2.45) is 0 Å². The maximum Gasteiger partial charge on any atom is 0.168 e. The number of nitrogens with zero attached hydrogens (tertiary/aromatic N) is 3. The minimum absolute atomic E-state index is 0.470. The Morgan fingerprint density at radius 2 is 2.06 bits per heavy atom. The molecule has 1 aromatic carbocycles. The summed E-state index contributed by atoms with van der Waals surface area (Å²) in [6.45, 7) is 3.06. The van der Waals surface area contributed by atoms with Gasteiger partial charge in [0, 0.05) is 5.56 Å². The highest BCUT2D eigenvalue weighted by molar-refractivity contribution is 5.43. The fraction of sp³-hybridized carbons (Fsp3) is 0.231. The van der Waals surface area contributed by atoms with Crippen LogP contribution in [-0.2, 0) is 18.0 Å². The summed E-state index contributed by atoms with van der Waals surface area (Å²) in [5, 5.41) is 13.4. The van der Waals surface area contributed by atoms with Crippen LogP contribution in [0, 0.1) is 18.3 Å². The van der Waals surface area contributed by atoms with Gasteiger partial charge < -0.3 is 4.74 Å². The van der Waals surface area contributed by atoms with Crippen molar-refractivity contribution in [1.82, 2.24) is 9.78 Å². The molecule has 4 nitrogen and oxygen atoms in total. The van der Waals surface area contributed by atoms with Crippen molar-refractivity contribution in [1.29, 1.82) is 5.26 Å². The van der Waals surface area contributed by atoms with E-state index in [4.69, 9.17) is 10.00 Å². The Morgan fingerprint density at radius 1 is 1.29 bits per heavy atom. The first kappa shape index (κ1) is 10.1. The van der Waals surface area contributed by atoms with Gasteiger partial charge in [0.15, 0.2) is 5.69 Å². The van der Waals surface area contributed by atoms with E-state index in [1.807, 2.05) is 31.2 Å². The molecule has 84 valence electrons. The molecule has 1 aromatic heterocycles. The SMILES string of the molecule is Cc1ccc(-n2nc(C#N)c3c2COC3)cc1. The highest BCUT2D eigenvalue weighted by Crippen LogP contribution is 2.25. The summed E-state index contributed by atoms with van der Waals surface area (Å²) >= 11 is 0. The summed E-state index contributed by atoms with van der Waals surface area (Å²) in [5.74, 6) is 0. The maximum absolute atomic E-state index is 9.02. The molecule has 4 heteroatoms. The Labute approximate surface area is 99.1 Å². The van der Waals surface area contributed by atoms with E-state index in [0.29, 0.717) is 18.9 Å². The maximum atomic E-state index is 9.02. The average molecular weight is 225 g/mol. The van der Waals surface area contributed by atoms with Crippen LogP contribution in [0.2, 0.25) is 0 Å². The molecule has 0 fully saturated rings. The number of fused-ring (bicyclic) bond motifs is 1. The molecule has 3 rings (SSSR count).